The van der Waals surface area contributed by atoms with E-state index in [0.29, 0.717) is 19.0 Å². The van der Waals surface area contributed by atoms with Gasteiger partial charge in [0.25, 0.3) is 0 Å². The van der Waals surface area contributed by atoms with Gasteiger partial charge in [-0.3, -0.25) is 19.1 Å². The normalized spacial score (nSPS) is 21.4. The van der Waals surface area contributed by atoms with Gasteiger partial charge in [0, 0.05) is 19.0 Å². The Labute approximate surface area is 161 Å². The highest BCUT2D eigenvalue weighted by atomic mass is 16.3. The summed E-state index contributed by atoms with van der Waals surface area (Å²) in [5.41, 5.74) is -0.0364. The second-order valence-electron chi connectivity index (χ2n) is 7.69. The zero-order valence-corrected chi connectivity index (χ0v) is 15.5. The number of piperidine rings is 1. The molecule has 0 saturated carbocycles. The van der Waals surface area contributed by atoms with Crippen molar-refractivity contribution in [1.29, 1.82) is 0 Å². The Balaban J connectivity index is 1.45. The van der Waals surface area contributed by atoms with E-state index < -0.39 is 11.1 Å². The SMILES string of the molecule is O=c1c(=O)n2c(nn1Cc1ccccc1)[C@H]1CN(Cc3ccco3)CC[C@H]1C2. The van der Waals surface area contributed by atoms with Crippen LogP contribution in [0.5, 0.6) is 0 Å². The average Bonchev–Trinajstić information content (AvgIpc) is 3.35. The van der Waals surface area contributed by atoms with E-state index in [1.165, 1.54) is 4.68 Å². The van der Waals surface area contributed by atoms with Crippen molar-refractivity contribution >= 4 is 0 Å². The van der Waals surface area contributed by atoms with Crippen LogP contribution in [-0.4, -0.2) is 32.3 Å². The van der Waals surface area contributed by atoms with Crippen LogP contribution in [0.15, 0.2) is 62.7 Å². The van der Waals surface area contributed by atoms with Gasteiger partial charge in [-0.1, -0.05) is 30.3 Å². The van der Waals surface area contributed by atoms with Gasteiger partial charge >= 0.3 is 11.1 Å². The summed E-state index contributed by atoms with van der Waals surface area (Å²) in [6, 6.07) is 13.5. The van der Waals surface area contributed by atoms with Crippen molar-refractivity contribution in [2.24, 2.45) is 5.92 Å². The molecule has 0 spiro atoms. The highest BCUT2D eigenvalue weighted by Gasteiger charge is 2.40. The van der Waals surface area contributed by atoms with Gasteiger partial charge in [-0.2, -0.15) is 5.10 Å². The fourth-order valence-corrected chi connectivity index (χ4v) is 4.45. The molecule has 2 aliphatic rings. The van der Waals surface area contributed by atoms with Gasteiger partial charge in [-0.15, -0.1) is 0 Å². The van der Waals surface area contributed by atoms with Gasteiger partial charge < -0.3 is 4.42 Å². The predicted octanol–water partition coefficient (Wildman–Crippen LogP) is 1.67. The molecular formula is C21H22N4O3. The molecule has 0 aliphatic carbocycles. The number of likely N-dealkylation sites (tertiary alicyclic amines) is 1. The minimum atomic E-state index is -0.543. The summed E-state index contributed by atoms with van der Waals surface area (Å²) in [6.07, 6.45) is 2.68. The zero-order valence-electron chi connectivity index (χ0n) is 15.5. The van der Waals surface area contributed by atoms with Crippen molar-refractivity contribution in [3.05, 3.63) is 86.6 Å². The van der Waals surface area contributed by atoms with Crippen LogP contribution in [0.2, 0.25) is 0 Å². The van der Waals surface area contributed by atoms with Crippen LogP contribution in [0.1, 0.15) is 29.5 Å². The summed E-state index contributed by atoms with van der Waals surface area (Å²) in [5, 5.41) is 4.64. The molecule has 4 heterocycles. The van der Waals surface area contributed by atoms with Gasteiger partial charge in [-0.25, -0.2) is 4.68 Å². The first-order chi connectivity index (χ1) is 13.7. The Morgan fingerprint density at radius 2 is 1.86 bits per heavy atom. The second-order valence-corrected chi connectivity index (χ2v) is 7.69. The maximum Gasteiger partial charge on any atom is 0.332 e. The number of hydrogen-bond donors (Lipinski definition) is 0. The quantitative estimate of drug-likeness (QED) is 0.646. The lowest BCUT2D eigenvalue weighted by atomic mass is 9.87. The number of furan rings is 1. The van der Waals surface area contributed by atoms with Crippen LogP contribution >= 0.6 is 0 Å². The zero-order chi connectivity index (χ0) is 19.1. The van der Waals surface area contributed by atoms with E-state index in [9.17, 15) is 9.59 Å². The number of rotatable bonds is 4. The third-order valence-electron chi connectivity index (χ3n) is 5.89. The van der Waals surface area contributed by atoms with Crippen LogP contribution < -0.4 is 11.1 Å². The molecule has 144 valence electrons. The van der Waals surface area contributed by atoms with E-state index in [1.807, 2.05) is 42.5 Å². The van der Waals surface area contributed by atoms with Crippen LogP contribution in [0, 0.1) is 5.92 Å². The highest BCUT2D eigenvalue weighted by molar-refractivity contribution is 5.16. The summed E-state index contributed by atoms with van der Waals surface area (Å²) in [5.74, 6) is 2.21. The minimum absolute atomic E-state index is 0.166. The molecular weight excluding hydrogens is 356 g/mol. The van der Waals surface area contributed by atoms with Crippen molar-refractivity contribution in [2.45, 2.75) is 32.0 Å². The molecule has 5 rings (SSSR count). The van der Waals surface area contributed by atoms with Crippen molar-refractivity contribution in [3.63, 3.8) is 0 Å². The summed E-state index contributed by atoms with van der Waals surface area (Å²) < 4.78 is 8.42. The molecule has 0 N–H and O–H groups in total. The van der Waals surface area contributed by atoms with Gasteiger partial charge in [0.05, 0.1) is 19.4 Å². The second kappa shape index (κ2) is 6.91. The molecule has 1 fully saturated rings. The van der Waals surface area contributed by atoms with Crippen LogP contribution in [0.3, 0.4) is 0 Å². The van der Waals surface area contributed by atoms with Gasteiger partial charge in [-0.05, 0) is 36.6 Å². The number of nitrogens with zero attached hydrogens (tertiary/aromatic N) is 4. The standard InChI is InChI=1S/C21H22N4O3/c26-20-21(27)25(11-15-5-2-1-3-6-15)22-19-18-14-23(13-17-7-4-10-28-17)9-8-16(18)12-24(19)20/h1-7,10,16,18H,8-9,11-14H2/t16-,18-/m0/s1. The largest absolute Gasteiger partial charge is 0.468 e. The molecule has 7 nitrogen and oxygen atoms in total. The number of hydrogen-bond acceptors (Lipinski definition) is 5. The molecule has 1 aromatic carbocycles. The molecule has 28 heavy (non-hydrogen) atoms. The molecule has 0 amide bonds. The lowest BCUT2D eigenvalue weighted by Gasteiger charge is -2.33. The van der Waals surface area contributed by atoms with Crippen molar-refractivity contribution in [1.82, 2.24) is 19.2 Å². The maximum absolute atomic E-state index is 12.7. The Morgan fingerprint density at radius 1 is 1.00 bits per heavy atom. The first kappa shape index (κ1) is 17.2. The van der Waals surface area contributed by atoms with Gasteiger partial charge in [0.1, 0.15) is 11.6 Å². The minimum Gasteiger partial charge on any atom is -0.468 e. The average molecular weight is 378 g/mol. The summed E-state index contributed by atoms with van der Waals surface area (Å²) in [4.78, 5) is 27.6. The van der Waals surface area contributed by atoms with E-state index in [-0.39, 0.29) is 5.92 Å². The summed E-state index contributed by atoms with van der Waals surface area (Å²) in [7, 11) is 0. The van der Waals surface area contributed by atoms with Crippen LogP contribution in [-0.2, 0) is 19.6 Å². The molecule has 7 heteroatoms. The fourth-order valence-electron chi connectivity index (χ4n) is 4.45. The van der Waals surface area contributed by atoms with Crippen molar-refractivity contribution in [3.8, 4) is 0 Å². The van der Waals surface area contributed by atoms with E-state index in [4.69, 9.17) is 4.42 Å². The topological polar surface area (TPSA) is 73.3 Å². The first-order valence-electron chi connectivity index (χ1n) is 9.69. The predicted molar refractivity (Wildman–Crippen MR) is 103 cm³/mol. The molecule has 1 saturated heterocycles. The third-order valence-corrected chi connectivity index (χ3v) is 5.89. The molecule has 0 bridgehead atoms. The van der Waals surface area contributed by atoms with Gasteiger partial charge in [0.15, 0.2) is 0 Å². The van der Waals surface area contributed by atoms with E-state index in [0.717, 1.165) is 43.2 Å². The lowest BCUT2D eigenvalue weighted by molar-refractivity contribution is 0.148. The number of benzene rings is 1. The molecule has 2 aliphatic heterocycles. The fraction of sp³-hybridized carbons (Fsp3) is 0.381. The van der Waals surface area contributed by atoms with E-state index >= 15 is 0 Å². The summed E-state index contributed by atoms with van der Waals surface area (Å²) in [6.45, 7) is 3.45. The molecule has 0 radical (unpaired) electrons. The molecule has 2 aromatic heterocycles. The smallest absolute Gasteiger partial charge is 0.332 e. The first-order valence-corrected chi connectivity index (χ1v) is 9.69. The van der Waals surface area contributed by atoms with Crippen LogP contribution in [0.25, 0.3) is 0 Å². The Kier molecular flexibility index (Phi) is 4.24. The third kappa shape index (κ3) is 3.01. The highest BCUT2D eigenvalue weighted by Crippen LogP contribution is 2.37. The lowest BCUT2D eigenvalue weighted by Crippen LogP contribution is -2.43. The molecule has 3 aromatic rings. The number of fused-ring (bicyclic) bond motifs is 3. The van der Waals surface area contributed by atoms with E-state index in [2.05, 4.69) is 10.00 Å². The maximum atomic E-state index is 12.7. The molecule has 0 unspecified atom stereocenters. The van der Waals surface area contributed by atoms with Crippen molar-refractivity contribution in [2.75, 3.05) is 13.1 Å². The monoisotopic (exact) mass is 378 g/mol. The van der Waals surface area contributed by atoms with Crippen LogP contribution in [0.4, 0.5) is 0 Å². The Morgan fingerprint density at radius 3 is 2.64 bits per heavy atom. The van der Waals surface area contributed by atoms with Gasteiger partial charge in [0.2, 0.25) is 0 Å². The van der Waals surface area contributed by atoms with E-state index in [1.54, 1.807) is 10.8 Å². The van der Waals surface area contributed by atoms with Crippen molar-refractivity contribution < 1.29 is 4.42 Å². The number of aromatic nitrogens is 3. The molecule has 2 atom stereocenters. The Bertz CT molecular complexity index is 1090. The Hall–Kier alpha value is -2.93. The summed E-state index contributed by atoms with van der Waals surface area (Å²) >= 11 is 0.